The minimum atomic E-state index is -0.394. The van der Waals surface area contributed by atoms with Crippen LogP contribution in [0.2, 0.25) is 0 Å². The predicted octanol–water partition coefficient (Wildman–Crippen LogP) is 0.933. The Morgan fingerprint density at radius 2 is 2.43 bits per heavy atom. The first-order valence-electron chi connectivity index (χ1n) is 6.55. The Morgan fingerprint density at radius 3 is 3.14 bits per heavy atom. The van der Waals surface area contributed by atoms with Gasteiger partial charge in [0.15, 0.2) is 5.82 Å². The summed E-state index contributed by atoms with van der Waals surface area (Å²) < 4.78 is 19.3. The van der Waals surface area contributed by atoms with Crippen LogP contribution in [0.1, 0.15) is 24.0 Å². The molecule has 0 spiro atoms. The Kier molecular flexibility index (Phi) is 3.51. The molecular formula is C13H14FN5O2. The molecule has 1 unspecified atom stereocenters. The van der Waals surface area contributed by atoms with E-state index in [1.165, 1.54) is 19.4 Å². The number of rotatable bonds is 3. The van der Waals surface area contributed by atoms with Crippen LogP contribution < -0.4 is 5.32 Å². The van der Waals surface area contributed by atoms with Crippen molar-refractivity contribution in [1.82, 2.24) is 19.7 Å². The van der Waals surface area contributed by atoms with E-state index in [2.05, 4.69) is 25.1 Å². The number of hydrogen-bond donors (Lipinski definition) is 1. The van der Waals surface area contributed by atoms with E-state index >= 15 is 0 Å². The van der Waals surface area contributed by atoms with Crippen LogP contribution in [0.5, 0.6) is 0 Å². The van der Waals surface area contributed by atoms with E-state index < -0.39 is 5.97 Å². The number of ether oxygens (including phenoxy) is 1. The van der Waals surface area contributed by atoms with Gasteiger partial charge < -0.3 is 10.1 Å². The highest BCUT2D eigenvalue weighted by Gasteiger charge is 2.26. The molecule has 21 heavy (non-hydrogen) atoms. The molecule has 0 aliphatic carbocycles. The molecule has 7 nitrogen and oxygen atoms in total. The van der Waals surface area contributed by atoms with Crippen molar-refractivity contribution in [2.24, 2.45) is 0 Å². The first kappa shape index (κ1) is 13.5. The highest BCUT2D eigenvalue weighted by atomic mass is 19.1. The van der Waals surface area contributed by atoms with Gasteiger partial charge in [-0.25, -0.2) is 9.07 Å². The summed E-state index contributed by atoms with van der Waals surface area (Å²) in [6.45, 7) is 0.708. The summed E-state index contributed by atoms with van der Waals surface area (Å²) in [5.41, 5.74) is 0.716. The maximum Gasteiger partial charge on any atom is 0.313 e. The van der Waals surface area contributed by atoms with E-state index in [1.807, 2.05) is 0 Å². The third kappa shape index (κ3) is 2.69. The van der Waals surface area contributed by atoms with Gasteiger partial charge >= 0.3 is 5.97 Å². The lowest BCUT2D eigenvalue weighted by atomic mass is 10.1. The van der Waals surface area contributed by atoms with E-state index in [4.69, 9.17) is 0 Å². The molecule has 1 N–H and O–H groups in total. The second kappa shape index (κ2) is 5.47. The topological polar surface area (TPSA) is 81.9 Å². The quantitative estimate of drug-likeness (QED) is 0.847. The summed E-state index contributed by atoms with van der Waals surface area (Å²) in [5.74, 6) is 0.196. The molecule has 0 fully saturated rings. The van der Waals surface area contributed by atoms with E-state index in [0.29, 0.717) is 24.0 Å². The van der Waals surface area contributed by atoms with Crippen molar-refractivity contribution in [1.29, 1.82) is 0 Å². The van der Waals surface area contributed by atoms with Crippen molar-refractivity contribution in [3.05, 3.63) is 35.7 Å². The summed E-state index contributed by atoms with van der Waals surface area (Å²) in [7, 11) is 1.32. The fraction of sp³-hybridized carbons (Fsp3) is 0.385. The van der Waals surface area contributed by atoms with E-state index in [1.54, 1.807) is 10.7 Å². The van der Waals surface area contributed by atoms with Gasteiger partial charge in [-0.05, 0) is 18.6 Å². The zero-order valence-corrected chi connectivity index (χ0v) is 11.4. The Morgan fingerprint density at radius 1 is 1.57 bits per heavy atom. The smallest absolute Gasteiger partial charge is 0.313 e. The van der Waals surface area contributed by atoms with Gasteiger partial charge in [0.1, 0.15) is 12.2 Å². The Balaban J connectivity index is 1.90. The van der Waals surface area contributed by atoms with Gasteiger partial charge in [-0.15, -0.1) is 0 Å². The molecule has 0 saturated heterocycles. The van der Waals surface area contributed by atoms with Gasteiger partial charge in [0.05, 0.1) is 25.0 Å². The number of fused-ring (bicyclic) bond motifs is 1. The van der Waals surface area contributed by atoms with Crippen molar-refractivity contribution in [3.63, 3.8) is 0 Å². The van der Waals surface area contributed by atoms with E-state index in [9.17, 15) is 9.18 Å². The fourth-order valence-electron chi connectivity index (χ4n) is 2.28. The van der Waals surface area contributed by atoms with Crippen LogP contribution >= 0.6 is 0 Å². The van der Waals surface area contributed by atoms with Crippen LogP contribution in [-0.2, 0) is 16.0 Å². The predicted molar refractivity (Wildman–Crippen MR) is 71.2 cm³/mol. The molecule has 0 bridgehead atoms. The SMILES string of the molecule is COC(=O)Cc1nc2n(n1)C(c1ccc(F)cn1)CCN2. The number of hydrogen-bond acceptors (Lipinski definition) is 6. The Hall–Kier alpha value is -2.51. The molecule has 1 aliphatic rings. The summed E-state index contributed by atoms with van der Waals surface area (Å²) in [4.78, 5) is 19.7. The number of carbonyl (C=O) groups is 1. The molecule has 2 aromatic heterocycles. The number of pyridine rings is 1. The monoisotopic (exact) mass is 291 g/mol. The fourth-order valence-corrected chi connectivity index (χ4v) is 2.28. The molecule has 3 heterocycles. The normalized spacial score (nSPS) is 17.0. The molecule has 1 aliphatic heterocycles. The summed E-state index contributed by atoms with van der Waals surface area (Å²) >= 11 is 0. The highest BCUT2D eigenvalue weighted by molar-refractivity contribution is 5.71. The van der Waals surface area contributed by atoms with E-state index in [0.717, 1.165) is 6.42 Å². The maximum atomic E-state index is 13.0. The van der Waals surface area contributed by atoms with Crippen molar-refractivity contribution >= 4 is 11.9 Å². The van der Waals surface area contributed by atoms with Crippen molar-refractivity contribution in [2.75, 3.05) is 19.0 Å². The van der Waals surface area contributed by atoms with Gasteiger partial charge in [0, 0.05) is 6.54 Å². The number of methoxy groups -OCH3 is 1. The number of nitrogens with zero attached hydrogens (tertiary/aromatic N) is 4. The van der Waals surface area contributed by atoms with Crippen LogP contribution in [0.3, 0.4) is 0 Å². The molecule has 1 atom stereocenters. The molecule has 2 aromatic rings. The average molecular weight is 291 g/mol. The van der Waals surface area contributed by atoms with Crippen molar-refractivity contribution in [3.8, 4) is 0 Å². The minimum absolute atomic E-state index is 0.0156. The lowest BCUT2D eigenvalue weighted by Crippen LogP contribution is -2.25. The molecule has 0 saturated carbocycles. The first-order chi connectivity index (χ1) is 10.2. The van der Waals surface area contributed by atoms with Gasteiger partial charge in [0.25, 0.3) is 0 Å². The molecular weight excluding hydrogens is 277 g/mol. The maximum absolute atomic E-state index is 13.0. The molecule has 8 heteroatoms. The van der Waals surface area contributed by atoms with E-state index in [-0.39, 0.29) is 18.3 Å². The van der Waals surface area contributed by atoms with Gasteiger partial charge in [-0.1, -0.05) is 0 Å². The largest absolute Gasteiger partial charge is 0.469 e. The third-order valence-corrected chi connectivity index (χ3v) is 3.29. The van der Waals surface area contributed by atoms with Crippen LogP contribution in [-0.4, -0.2) is 39.4 Å². The molecule has 0 amide bonds. The number of aromatic nitrogens is 4. The summed E-state index contributed by atoms with van der Waals surface area (Å²) in [5, 5.41) is 7.45. The number of anilines is 1. The third-order valence-electron chi connectivity index (χ3n) is 3.29. The second-order valence-electron chi connectivity index (χ2n) is 4.68. The van der Waals surface area contributed by atoms with Gasteiger partial charge in [-0.2, -0.15) is 10.1 Å². The number of halogens is 1. The molecule has 0 aromatic carbocycles. The number of esters is 1. The lowest BCUT2D eigenvalue weighted by molar-refractivity contribution is -0.139. The van der Waals surface area contributed by atoms with Gasteiger partial charge in [0.2, 0.25) is 5.95 Å². The molecule has 110 valence electrons. The summed E-state index contributed by atoms with van der Waals surface area (Å²) in [6, 6.07) is 2.88. The summed E-state index contributed by atoms with van der Waals surface area (Å²) in [6.07, 6.45) is 1.96. The Bertz CT molecular complexity index is 655. The Labute approximate surface area is 120 Å². The van der Waals surface area contributed by atoms with Crippen molar-refractivity contribution < 1.29 is 13.9 Å². The van der Waals surface area contributed by atoms with Gasteiger partial charge in [-0.3, -0.25) is 9.78 Å². The second-order valence-corrected chi connectivity index (χ2v) is 4.68. The number of carbonyl (C=O) groups excluding carboxylic acids is 1. The van der Waals surface area contributed by atoms with Crippen LogP contribution in [0, 0.1) is 5.82 Å². The van der Waals surface area contributed by atoms with Crippen LogP contribution in [0.25, 0.3) is 0 Å². The molecule has 3 rings (SSSR count). The zero-order chi connectivity index (χ0) is 14.8. The minimum Gasteiger partial charge on any atom is -0.469 e. The highest BCUT2D eigenvalue weighted by Crippen LogP contribution is 2.27. The average Bonchev–Trinajstić information content (AvgIpc) is 2.90. The van der Waals surface area contributed by atoms with Crippen molar-refractivity contribution in [2.45, 2.75) is 18.9 Å². The first-order valence-corrected chi connectivity index (χ1v) is 6.55. The molecule has 0 radical (unpaired) electrons. The zero-order valence-electron chi connectivity index (χ0n) is 11.4. The standard InChI is InChI=1S/C13H14FN5O2/c1-21-12(20)6-11-17-13-15-5-4-10(19(13)18-11)9-3-2-8(14)7-16-9/h2-3,7,10H,4-6H2,1H3,(H,15,17,18). The van der Waals surface area contributed by atoms with Crippen LogP contribution in [0.4, 0.5) is 10.3 Å². The number of nitrogens with one attached hydrogen (secondary N) is 1. The van der Waals surface area contributed by atoms with Crippen LogP contribution in [0.15, 0.2) is 18.3 Å². The lowest BCUT2D eigenvalue weighted by Gasteiger charge is -2.23.